The van der Waals surface area contributed by atoms with Crippen LogP contribution in [0.2, 0.25) is 0 Å². The summed E-state index contributed by atoms with van der Waals surface area (Å²) < 4.78 is 27.9. The molecule has 1 saturated carbocycles. The summed E-state index contributed by atoms with van der Waals surface area (Å²) in [5.74, 6) is -1.40. The molecule has 4 amide bonds. The van der Waals surface area contributed by atoms with Gasteiger partial charge in [-0.25, -0.2) is 14.4 Å². The van der Waals surface area contributed by atoms with Gasteiger partial charge in [0.15, 0.2) is 6.29 Å². The minimum absolute atomic E-state index is 0.0237. The fourth-order valence-electron chi connectivity index (χ4n) is 6.14. The summed E-state index contributed by atoms with van der Waals surface area (Å²) in [6.45, 7) is 16.5. The van der Waals surface area contributed by atoms with Crippen molar-refractivity contribution in [1.29, 1.82) is 0 Å². The predicted molar refractivity (Wildman–Crippen MR) is 177 cm³/mol. The number of aliphatic hydroxyl groups is 4. The molecule has 3 fully saturated rings. The summed E-state index contributed by atoms with van der Waals surface area (Å²) in [4.78, 5) is 53.7. The van der Waals surface area contributed by atoms with Crippen LogP contribution >= 0.6 is 0 Å². The number of carbonyl (C=O) groups excluding carboxylic acids is 4. The van der Waals surface area contributed by atoms with Crippen LogP contribution in [0.25, 0.3) is 0 Å². The molecule has 288 valence electrons. The van der Waals surface area contributed by atoms with E-state index in [9.17, 15) is 39.6 Å². The number of nitrogens with zero attached hydrogens (tertiary/aromatic N) is 2. The Hall–Kier alpha value is -2.96. The van der Waals surface area contributed by atoms with Gasteiger partial charge < -0.3 is 64.5 Å². The molecule has 2 aliphatic heterocycles. The van der Waals surface area contributed by atoms with Crippen LogP contribution in [0.1, 0.15) is 82.1 Å². The van der Waals surface area contributed by atoms with Gasteiger partial charge in [-0.2, -0.15) is 0 Å². The van der Waals surface area contributed by atoms with Gasteiger partial charge in [-0.3, -0.25) is 4.79 Å². The Balaban J connectivity index is 1.78. The van der Waals surface area contributed by atoms with E-state index in [1.54, 1.807) is 62.3 Å². The molecule has 17 heteroatoms. The van der Waals surface area contributed by atoms with E-state index in [0.29, 0.717) is 0 Å². The van der Waals surface area contributed by atoms with E-state index in [1.807, 2.05) is 0 Å². The van der Waals surface area contributed by atoms with Crippen molar-refractivity contribution in [1.82, 2.24) is 20.4 Å². The first-order valence-electron chi connectivity index (χ1n) is 16.9. The number of carbonyl (C=O) groups is 4. The zero-order valence-corrected chi connectivity index (χ0v) is 31.1. The molecule has 0 bridgehead atoms. The molecular weight excluding hydrogens is 660 g/mol. The number of alkyl carbamates (subject to hydrolysis) is 1. The average molecular weight is 719 g/mol. The Morgan fingerprint density at radius 1 is 0.900 bits per heavy atom. The molecule has 3 rings (SSSR count). The molecule has 9 unspecified atom stereocenters. The summed E-state index contributed by atoms with van der Waals surface area (Å²) in [5, 5.41) is 50.1. The van der Waals surface area contributed by atoms with E-state index in [-0.39, 0.29) is 32.5 Å². The molecule has 50 heavy (non-hydrogen) atoms. The van der Waals surface area contributed by atoms with Crippen molar-refractivity contribution in [2.24, 2.45) is 5.92 Å². The summed E-state index contributed by atoms with van der Waals surface area (Å²) in [6.07, 6.45) is -9.37. The van der Waals surface area contributed by atoms with E-state index >= 15 is 0 Å². The van der Waals surface area contributed by atoms with Crippen molar-refractivity contribution in [2.75, 3.05) is 26.7 Å². The van der Waals surface area contributed by atoms with Crippen LogP contribution in [-0.2, 0) is 28.5 Å². The van der Waals surface area contributed by atoms with Gasteiger partial charge in [-0.15, -0.1) is 0 Å². The number of likely N-dealkylation sites (N-methyl/N-ethyl adjacent to an activating group) is 1. The molecular formula is C33H58N4O13. The Morgan fingerprint density at radius 2 is 1.46 bits per heavy atom. The molecule has 9 atom stereocenters. The Morgan fingerprint density at radius 3 is 2.00 bits per heavy atom. The van der Waals surface area contributed by atoms with E-state index < -0.39 is 101 Å². The number of hydrogen-bond acceptors (Lipinski definition) is 13. The third-order valence-electron chi connectivity index (χ3n) is 8.33. The fraction of sp³-hybridized carbons (Fsp3) is 0.879. The predicted octanol–water partition coefficient (Wildman–Crippen LogP) is 0.836. The maximum Gasteiger partial charge on any atom is 0.410 e. The summed E-state index contributed by atoms with van der Waals surface area (Å²) in [7, 11) is 1.36. The number of hydrogen-bond donors (Lipinski definition) is 6. The molecule has 17 nitrogen and oxygen atoms in total. The number of rotatable bonds is 7. The van der Waals surface area contributed by atoms with Gasteiger partial charge >= 0.3 is 18.3 Å². The first-order chi connectivity index (χ1) is 22.7. The van der Waals surface area contributed by atoms with Crippen LogP contribution in [-0.4, -0.2) is 152 Å². The fourth-order valence-corrected chi connectivity index (χ4v) is 6.14. The van der Waals surface area contributed by atoms with E-state index in [0.717, 1.165) is 4.90 Å². The van der Waals surface area contributed by atoms with Crippen LogP contribution in [0.4, 0.5) is 14.4 Å². The van der Waals surface area contributed by atoms with Crippen LogP contribution in [0.15, 0.2) is 0 Å². The Kier molecular flexibility index (Phi) is 12.7. The number of nitrogens with one attached hydrogen (secondary N) is 2. The first-order valence-corrected chi connectivity index (χ1v) is 16.9. The number of likely N-dealkylation sites (tertiary alicyclic amines) is 1. The van der Waals surface area contributed by atoms with Crippen molar-refractivity contribution in [3.8, 4) is 0 Å². The minimum Gasteiger partial charge on any atom is -0.444 e. The quantitative estimate of drug-likeness (QED) is 0.201. The van der Waals surface area contributed by atoms with Gasteiger partial charge in [-0.1, -0.05) is 0 Å². The van der Waals surface area contributed by atoms with Crippen LogP contribution in [0.5, 0.6) is 0 Å². The second-order valence-corrected chi connectivity index (χ2v) is 16.8. The SMILES string of the molecule is CN(C(=O)OC(C)(C)C)C1C(O)C(OC2C(O)CC(NC(=O)OC(C)(C)C)CC2NC(=O)C(O)C2CN(C(=O)OC(C)(C)C)C2)OCC1(C)O. The van der Waals surface area contributed by atoms with Crippen molar-refractivity contribution in [3.05, 3.63) is 0 Å². The highest BCUT2D eigenvalue weighted by Crippen LogP contribution is 2.33. The summed E-state index contributed by atoms with van der Waals surface area (Å²) in [5.41, 5.74) is -4.10. The molecule has 2 heterocycles. The average Bonchev–Trinajstić information content (AvgIpc) is 2.87. The van der Waals surface area contributed by atoms with Crippen molar-refractivity contribution in [2.45, 2.75) is 153 Å². The lowest BCUT2D eigenvalue weighted by molar-refractivity contribution is -0.301. The highest BCUT2D eigenvalue weighted by Gasteiger charge is 2.53. The molecule has 1 aliphatic carbocycles. The van der Waals surface area contributed by atoms with E-state index in [2.05, 4.69) is 10.6 Å². The second kappa shape index (κ2) is 15.3. The van der Waals surface area contributed by atoms with Gasteiger partial charge in [0, 0.05) is 32.1 Å². The topological polar surface area (TPSA) is 226 Å². The van der Waals surface area contributed by atoms with E-state index in [1.165, 1.54) is 18.9 Å². The highest BCUT2D eigenvalue weighted by atomic mass is 16.7. The van der Waals surface area contributed by atoms with Crippen molar-refractivity contribution < 1.29 is 63.3 Å². The van der Waals surface area contributed by atoms with Crippen LogP contribution < -0.4 is 10.6 Å². The zero-order chi connectivity index (χ0) is 38.1. The summed E-state index contributed by atoms with van der Waals surface area (Å²) >= 11 is 0. The largest absolute Gasteiger partial charge is 0.444 e. The number of aliphatic hydroxyl groups excluding tert-OH is 3. The van der Waals surface area contributed by atoms with Crippen LogP contribution in [0, 0.1) is 5.92 Å². The maximum atomic E-state index is 13.4. The van der Waals surface area contributed by atoms with Gasteiger partial charge in [0.2, 0.25) is 5.91 Å². The van der Waals surface area contributed by atoms with Crippen molar-refractivity contribution >= 4 is 24.2 Å². The molecule has 3 aliphatic rings. The number of ether oxygens (including phenoxy) is 5. The molecule has 0 spiro atoms. The number of amides is 4. The molecule has 0 aromatic heterocycles. The lowest BCUT2D eigenvalue weighted by Crippen LogP contribution is -2.68. The maximum absolute atomic E-state index is 13.4. The smallest absolute Gasteiger partial charge is 0.410 e. The molecule has 0 radical (unpaired) electrons. The molecule has 0 aromatic rings. The van der Waals surface area contributed by atoms with Gasteiger partial charge in [0.05, 0.1) is 24.8 Å². The Bertz CT molecular complexity index is 1220. The molecule has 6 N–H and O–H groups in total. The minimum atomic E-state index is -1.73. The standard InChI is InChI=1S/C33H58N4O13/c1-30(2,3)48-27(42)34-18-12-19(35-25(41)21(39)17-14-37(15-17)29(44)50-32(7,8)9)23(20(38)13-18)47-26-22(40)24(33(10,45)16-46-26)36(11)28(43)49-31(4,5)6/h17-24,26,38-40,45H,12-16H2,1-11H3,(H,34,42)(H,35,41). The lowest BCUT2D eigenvalue weighted by Gasteiger charge is -2.49. The zero-order valence-electron chi connectivity index (χ0n) is 31.1. The second-order valence-electron chi connectivity index (χ2n) is 16.8. The normalized spacial score (nSPS) is 31.5. The molecule has 0 aromatic carbocycles. The Labute approximate surface area is 293 Å². The lowest BCUT2D eigenvalue weighted by atomic mass is 9.84. The van der Waals surface area contributed by atoms with Gasteiger partial charge in [0.25, 0.3) is 0 Å². The monoisotopic (exact) mass is 718 g/mol. The van der Waals surface area contributed by atoms with Crippen molar-refractivity contribution in [3.63, 3.8) is 0 Å². The highest BCUT2D eigenvalue weighted by molar-refractivity contribution is 5.82. The van der Waals surface area contributed by atoms with Crippen LogP contribution in [0.3, 0.4) is 0 Å². The first kappa shape index (κ1) is 41.5. The summed E-state index contributed by atoms with van der Waals surface area (Å²) in [6, 6.07) is -3.00. The van der Waals surface area contributed by atoms with Gasteiger partial charge in [0.1, 0.15) is 40.7 Å². The van der Waals surface area contributed by atoms with Gasteiger partial charge in [-0.05, 0) is 82.1 Å². The third kappa shape index (κ3) is 11.3. The van der Waals surface area contributed by atoms with E-state index in [4.69, 9.17) is 23.7 Å². The molecule has 2 saturated heterocycles. The third-order valence-corrected chi connectivity index (χ3v) is 8.33.